The Morgan fingerprint density at radius 2 is 2.30 bits per heavy atom. The van der Waals surface area contributed by atoms with Crippen LogP contribution in [0.25, 0.3) is 0 Å². The summed E-state index contributed by atoms with van der Waals surface area (Å²) in [7, 11) is 0. The lowest BCUT2D eigenvalue weighted by molar-refractivity contribution is 0.100. The van der Waals surface area contributed by atoms with Crippen molar-refractivity contribution in [2.24, 2.45) is 5.73 Å². The van der Waals surface area contributed by atoms with E-state index in [0.29, 0.717) is 17.1 Å². The largest absolute Gasteiger partial charge is 0.396 e. The molecule has 0 fully saturated rings. The molecule has 1 amide bonds. The van der Waals surface area contributed by atoms with Crippen LogP contribution < -0.4 is 16.8 Å². The van der Waals surface area contributed by atoms with Gasteiger partial charge in [0.15, 0.2) is 0 Å². The van der Waals surface area contributed by atoms with Gasteiger partial charge in [-0.3, -0.25) is 9.78 Å². The molecular formula is C13H16N4OS2. The van der Waals surface area contributed by atoms with Crippen LogP contribution in [0.4, 0.5) is 10.7 Å². The van der Waals surface area contributed by atoms with E-state index in [4.69, 9.17) is 11.5 Å². The van der Waals surface area contributed by atoms with Gasteiger partial charge in [-0.1, -0.05) is 6.07 Å². The molecule has 0 saturated heterocycles. The second-order valence-corrected chi connectivity index (χ2v) is 6.03. The summed E-state index contributed by atoms with van der Waals surface area (Å²) < 4.78 is 0. The monoisotopic (exact) mass is 308 g/mol. The average molecular weight is 308 g/mol. The van der Waals surface area contributed by atoms with Crippen molar-refractivity contribution in [2.75, 3.05) is 17.3 Å². The quantitative estimate of drug-likeness (QED) is 0.738. The van der Waals surface area contributed by atoms with E-state index in [1.54, 1.807) is 6.20 Å². The number of nitrogen functional groups attached to an aromatic ring is 1. The predicted octanol–water partition coefficient (Wildman–Crippen LogP) is 2.47. The molecule has 0 unspecified atom stereocenters. The number of pyridine rings is 1. The summed E-state index contributed by atoms with van der Waals surface area (Å²) in [6.45, 7) is 2.59. The molecule has 0 saturated carbocycles. The molecule has 0 bridgehead atoms. The molecule has 5 nitrogen and oxygen atoms in total. The number of nitrogens with one attached hydrogen (secondary N) is 1. The van der Waals surface area contributed by atoms with Gasteiger partial charge >= 0.3 is 0 Å². The van der Waals surface area contributed by atoms with Gasteiger partial charge < -0.3 is 16.8 Å². The number of carbonyl (C=O) groups excluding carboxylic acids is 1. The van der Waals surface area contributed by atoms with Gasteiger partial charge in [-0.05, 0) is 24.8 Å². The number of thiophene rings is 1. The third kappa shape index (κ3) is 2.88. The fourth-order valence-corrected chi connectivity index (χ4v) is 3.68. The fourth-order valence-electron chi connectivity index (χ4n) is 1.80. The van der Waals surface area contributed by atoms with Crippen molar-refractivity contribution in [3.63, 3.8) is 0 Å². The molecule has 5 N–H and O–H groups in total. The van der Waals surface area contributed by atoms with Crippen molar-refractivity contribution in [3.8, 4) is 0 Å². The highest BCUT2D eigenvalue weighted by Gasteiger charge is 2.18. The lowest BCUT2D eigenvalue weighted by atomic mass is 10.2. The molecule has 0 aliphatic rings. The Morgan fingerprint density at radius 3 is 2.90 bits per heavy atom. The number of nitrogens with zero attached hydrogens (tertiary/aromatic N) is 1. The molecule has 0 radical (unpaired) electrons. The Kier molecular flexibility index (Phi) is 4.51. The number of hydrogen-bond donors (Lipinski definition) is 3. The Morgan fingerprint density at radius 1 is 1.55 bits per heavy atom. The van der Waals surface area contributed by atoms with Crippen LogP contribution in [0, 0.1) is 6.92 Å². The van der Waals surface area contributed by atoms with Gasteiger partial charge in [-0.25, -0.2) is 0 Å². The number of aryl methyl sites for hydroxylation is 1. The summed E-state index contributed by atoms with van der Waals surface area (Å²) in [5, 5.41) is 4.14. The number of primary amides is 1. The summed E-state index contributed by atoms with van der Waals surface area (Å²) >= 11 is 2.78. The highest BCUT2D eigenvalue weighted by Crippen LogP contribution is 2.41. The summed E-state index contributed by atoms with van der Waals surface area (Å²) in [5.74, 6) is -0.495. The van der Waals surface area contributed by atoms with Crippen LogP contribution in [0.1, 0.15) is 20.9 Å². The highest BCUT2D eigenvalue weighted by molar-refractivity contribution is 7.99. The fraction of sp³-hybridized carbons (Fsp3) is 0.231. The molecule has 106 valence electrons. The van der Waals surface area contributed by atoms with E-state index in [0.717, 1.165) is 21.2 Å². The van der Waals surface area contributed by atoms with Crippen LogP contribution in [-0.2, 0) is 6.54 Å². The van der Waals surface area contributed by atoms with E-state index in [1.807, 2.05) is 25.3 Å². The molecule has 0 aromatic carbocycles. The number of anilines is 2. The number of amides is 1. The first-order chi connectivity index (χ1) is 9.54. The van der Waals surface area contributed by atoms with Gasteiger partial charge in [0.25, 0.3) is 5.91 Å². The molecule has 20 heavy (non-hydrogen) atoms. The minimum atomic E-state index is -0.495. The minimum absolute atomic E-state index is 0.398. The molecule has 0 aliphatic carbocycles. The van der Waals surface area contributed by atoms with E-state index >= 15 is 0 Å². The third-order valence-electron chi connectivity index (χ3n) is 2.86. The Bertz CT molecular complexity index is 639. The van der Waals surface area contributed by atoms with Crippen LogP contribution in [0.3, 0.4) is 0 Å². The smallest absolute Gasteiger partial charge is 0.261 e. The maximum Gasteiger partial charge on any atom is 0.261 e. The number of rotatable bonds is 5. The Labute approximate surface area is 125 Å². The van der Waals surface area contributed by atoms with Crippen molar-refractivity contribution in [1.82, 2.24) is 4.98 Å². The Balaban J connectivity index is 2.24. The predicted molar refractivity (Wildman–Crippen MR) is 85.3 cm³/mol. The van der Waals surface area contributed by atoms with Crippen molar-refractivity contribution in [3.05, 3.63) is 34.5 Å². The first-order valence-electron chi connectivity index (χ1n) is 5.95. The van der Waals surface area contributed by atoms with Gasteiger partial charge in [0.2, 0.25) is 0 Å². The van der Waals surface area contributed by atoms with E-state index in [2.05, 4.69) is 10.3 Å². The van der Waals surface area contributed by atoms with Crippen LogP contribution >= 0.6 is 23.1 Å². The number of nitrogens with two attached hydrogens (primary N) is 2. The summed E-state index contributed by atoms with van der Waals surface area (Å²) in [6, 6.07) is 3.91. The molecule has 2 aromatic rings. The summed E-state index contributed by atoms with van der Waals surface area (Å²) in [6.07, 6.45) is 3.68. The topological polar surface area (TPSA) is 94.0 Å². The molecule has 0 spiro atoms. The minimum Gasteiger partial charge on any atom is -0.396 e. The standard InChI is InChI=1S/C13H16N4OS2/c1-7-4-3-5-16-8(7)6-17-13-11(19-2)9(14)10(20-13)12(15)18/h3-5,17H,6,14H2,1-2H3,(H2,15,18). The van der Waals surface area contributed by atoms with E-state index in [9.17, 15) is 4.79 Å². The molecule has 2 rings (SSSR count). The van der Waals surface area contributed by atoms with Crippen LogP contribution in [0.2, 0.25) is 0 Å². The lowest BCUT2D eigenvalue weighted by Gasteiger charge is -2.07. The molecule has 0 atom stereocenters. The average Bonchev–Trinajstić information content (AvgIpc) is 2.74. The van der Waals surface area contributed by atoms with Crippen molar-refractivity contribution < 1.29 is 4.79 Å². The number of hydrogen-bond acceptors (Lipinski definition) is 6. The molecule has 2 aromatic heterocycles. The first kappa shape index (κ1) is 14.7. The molecule has 2 heterocycles. The van der Waals surface area contributed by atoms with Crippen LogP contribution in [-0.4, -0.2) is 17.1 Å². The zero-order chi connectivity index (χ0) is 14.7. The Hall–Kier alpha value is -1.73. The zero-order valence-corrected chi connectivity index (χ0v) is 12.9. The highest BCUT2D eigenvalue weighted by atomic mass is 32.2. The van der Waals surface area contributed by atoms with E-state index in [1.165, 1.54) is 23.1 Å². The third-order valence-corrected chi connectivity index (χ3v) is 5.00. The summed E-state index contributed by atoms with van der Waals surface area (Å²) in [5.41, 5.74) is 13.8. The molecule has 0 aliphatic heterocycles. The van der Waals surface area contributed by atoms with Crippen molar-refractivity contribution >= 4 is 39.7 Å². The van der Waals surface area contributed by atoms with Crippen molar-refractivity contribution in [1.29, 1.82) is 0 Å². The normalized spacial score (nSPS) is 10.5. The number of aromatic nitrogens is 1. The van der Waals surface area contributed by atoms with Gasteiger partial charge in [-0.15, -0.1) is 23.1 Å². The lowest BCUT2D eigenvalue weighted by Crippen LogP contribution is -2.10. The second-order valence-electron chi connectivity index (χ2n) is 4.19. The van der Waals surface area contributed by atoms with Crippen LogP contribution in [0.15, 0.2) is 23.2 Å². The maximum atomic E-state index is 11.3. The molecular weight excluding hydrogens is 292 g/mol. The number of carbonyl (C=O) groups is 1. The first-order valence-corrected chi connectivity index (χ1v) is 7.99. The van der Waals surface area contributed by atoms with Gasteiger partial charge in [-0.2, -0.15) is 0 Å². The SMILES string of the molecule is CSc1c(NCc2ncccc2C)sc(C(N)=O)c1N. The van der Waals surface area contributed by atoms with E-state index in [-0.39, 0.29) is 0 Å². The summed E-state index contributed by atoms with van der Waals surface area (Å²) in [4.78, 5) is 16.9. The van der Waals surface area contributed by atoms with E-state index < -0.39 is 5.91 Å². The van der Waals surface area contributed by atoms with Gasteiger partial charge in [0, 0.05) is 6.20 Å². The van der Waals surface area contributed by atoms with Crippen LogP contribution in [0.5, 0.6) is 0 Å². The number of thioether (sulfide) groups is 1. The van der Waals surface area contributed by atoms with Gasteiger partial charge in [0.05, 0.1) is 22.8 Å². The van der Waals surface area contributed by atoms with Crippen molar-refractivity contribution in [2.45, 2.75) is 18.4 Å². The maximum absolute atomic E-state index is 11.3. The zero-order valence-electron chi connectivity index (χ0n) is 11.3. The molecule has 7 heteroatoms. The second kappa shape index (κ2) is 6.15. The van der Waals surface area contributed by atoms with Gasteiger partial charge in [0.1, 0.15) is 9.88 Å².